The fraction of sp³-hybridized carbons (Fsp3) is 0.714. The summed E-state index contributed by atoms with van der Waals surface area (Å²) < 4.78 is 6.70. The molecule has 1 atom stereocenters. The number of ether oxygens (including phenoxy) is 1. The Morgan fingerprint density at radius 2 is 1.90 bits per heavy atom. The number of aromatic nitrogens is 2. The SMILES string of the molecule is COC(=O)C1CCCN1C(=O)C1CCC(NC(=O)CCn2nc(C)cc2C)CC1. The molecule has 1 aromatic heterocycles. The number of hydrogen-bond donors (Lipinski definition) is 1. The Balaban J connectivity index is 1.43. The zero-order valence-corrected chi connectivity index (χ0v) is 17.6. The first-order valence-electron chi connectivity index (χ1n) is 10.6. The van der Waals surface area contributed by atoms with Gasteiger partial charge in [0.15, 0.2) is 0 Å². The van der Waals surface area contributed by atoms with Gasteiger partial charge in [-0.2, -0.15) is 5.10 Å². The van der Waals surface area contributed by atoms with Crippen LogP contribution in [0.5, 0.6) is 0 Å². The van der Waals surface area contributed by atoms with Crippen molar-refractivity contribution in [1.29, 1.82) is 0 Å². The van der Waals surface area contributed by atoms with E-state index in [1.807, 2.05) is 24.6 Å². The summed E-state index contributed by atoms with van der Waals surface area (Å²) >= 11 is 0. The Morgan fingerprint density at radius 1 is 1.17 bits per heavy atom. The van der Waals surface area contributed by atoms with Crippen molar-refractivity contribution in [3.05, 3.63) is 17.5 Å². The predicted octanol–water partition coefficient (Wildman–Crippen LogP) is 1.73. The van der Waals surface area contributed by atoms with E-state index in [0.29, 0.717) is 25.9 Å². The Hall–Kier alpha value is -2.38. The van der Waals surface area contributed by atoms with Gasteiger partial charge in [-0.15, -0.1) is 0 Å². The molecule has 2 fully saturated rings. The van der Waals surface area contributed by atoms with Crippen LogP contribution in [0.2, 0.25) is 0 Å². The van der Waals surface area contributed by atoms with Crippen LogP contribution in [0, 0.1) is 19.8 Å². The highest BCUT2D eigenvalue weighted by atomic mass is 16.5. The number of likely N-dealkylation sites (tertiary alicyclic amines) is 1. The number of amides is 2. The van der Waals surface area contributed by atoms with Gasteiger partial charge >= 0.3 is 5.97 Å². The van der Waals surface area contributed by atoms with Crippen LogP contribution in [0.3, 0.4) is 0 Å². The molecule has 8 nitrogen and oxygen atoms in total. The summed E-state index contributed by atoms with van der Waals surface area (Å²) in [5, 5.41) is 7.48. The molecule has 2 heterocycles. The molecule has 160 valence electrons. The van der Waals surface area contributed by atoms with Gasteiger partial charge in [0.1, 0.15) is 6.04 Å². The molecule has 1 saturated heterocycles. The smallest absolute Gasteiger partial charge is 0.328 e. The van der Waals surface area contributed by atoms with Crippen molar-refractivity contribution in [3.63, 3.8) is 0 Å². The topological polar surface area (TPSA) is 93.5 Å². The van der Waals surface area contributed by atoms with Crippen LogP contribution in [-0.2, 0) is 25.7 Å². The lowest BCUT2D eigenvalue weighted by Crippen LogP contribution is -2.46. The molecule has 0 spiro atoms. The maximum Gasteiger partial charge on any atom is 0.328 e. The van der Waals surface area contributed by atoms with Crippen molar-refractivity contribution in [3.8, 4) is 0 Å². The average Bonchev–Trinajstić information content (AvgIpc) is 3.32. The maximum atomic E-state index is 12.9. The number of carbonyl (C=O) groups is 3. The third-order valence-corrected chi connectivity index (χ3v) is 6.10. The molecule has 29 heavy (non-hydrogen) atoms. The number of hydrogen-bond acceptors (Lipinski definition) is 5. The van der Waals surface area contributed by atoms with E-state index in [-0.39, 0.29) is 29.7 Å². The number of esters is 1. The van der Waals surface area contributed by atoms with Gasteiger partial charge in [0.2, 0.25) is 11.8 Å². The predicted molar refractivity (Wildman–Crippen MR) is 107 cm³/mol. The van der Waals surface area contributed by atoms with Crippen molar-refractivity contribution in [1.82, 2.24) is 20.0 Å². The van der Waals surface area contributed by atoms with E-state index in [1.165, 1.54) is 7.11 Å². The zero-order chi connectivity index (χ0) is 21.0. The fourth-order valence-electron chi connectivity index (χ4n) is 4.54. The van der Waals surface area contributed by atoms with E-state index in [1.54, 1.807) is 4.90 Å². The quantitative estimate of drug-likeness (QED) is 0.729. The molecular formula is C21H32N4O4. The molecule has 1 saturated carbocycles. The molecule has 2 aliphatic rings. The second-order valence-electron chi connectivity index (χ2n) is 8.23. The average molecular weight is 405 g/mol. The van der Waals surface area contributed by atoms with Gasteiger partial charge in [0.25, 0.3) is 0 Å². The van der Waals surface area contributed by atoms with E-state index < -0.39 is 6.04 Å². The molecule has 0 radical (unpaired) electrons. The van der Waals surface area contributed by atoms with Crippen LogP contribution < -0.4 is 5.32 Å². The van der Waals surface area contributed by atoms with Gasteiger partial charge in [-0.1, -0.05) is 0 Å². The molecule has 0 aromatic carbocycles. The molecule has 1 unspecified atom stereocenters. The minimum atomic E-state index is -0.431. The summed E-state index contributed by atoms with van der Waals surface area (Å²) in [6.07, 6.45) is 4.98. The van der Waals surface area contributed by atoms with Crippen LogP contribution in [0.15, 0.2) is 6.07 Å². The number of rotatable bonds is 6. The Labute approximate surface area is 172 Å². The minimum Gasteiger partial charge on any atom is -0.467 e. The van der Waals surface area contributed by atoms with E-state index in [4.69, 9.17) is 4.74 Å². The Kier molecular flexibility index (Phi) is 6.92. The first kappa shape index (κ1) is 21.3. The largest absolute Gasteiger partial charge is 0.467 e. The van der Waals surface area contributed by atoms with E-state index in [9.17, 15) is 14.4 Å². The molecule has 2 amide bonds. The highest BCUT2D eigenvalue weighted by Gasteiger charge is 2.38. The number of carbonyl (C=O) groups excluding carboxylic acids is 3. The second kappa shape index (κ2) is 9.41. The fourth-order valence-corrected chi connectivity index (χ4v) is 4.54. The summed E-state index contributed by atoms with van der Waals surface area (Å²) in [5.74, 6) is -0.299. The highest BCUT2D eigenvalue weighted by molar-refractivity contribution is 5.86. The van der Waals surface area contributed by atoms with E-state index in [2.05, 4.69) is 10.4 Å². The lowest BCUT2D eigenvalue weighted by atomic mass is 9.85. The van der Waals surface area contributed by atoms with E-state index in [0.717, 1.165) is 43.5 Å². The first-order valence-corrected chi connectivity index (χ1v) is 10.6. The first-order chi connectivity index (χ1) is 13.9. The summed E-state index contributed by atoms with van der Waals surface area (Å²) in [6.45, 7) is 5.13. The molecule has 3 rings (SSSR count). The van der Waals surface area contributed by atoms with Gasteiger partial charge in [-0.3, -0.25) is 14.3 Å². The number of nitrogens with zero attached hydrogens (tertiary/aromatic N) is 3. The zero-order valence-electron chi connectivity index (χ0n) is 17.6. The molecule has 1 aliphatic carbocycles. The number of aryl methyl sites for hydroxylation is 3. The van der Waals surface area contributed by atoms with Gasteiger partial charge in [-0.25, -0.2) is 4.79 Å². The molecule has 8 heteroatoms. The van der Waals surface area contributed by atoms with Crippen LogP contribution in [0.1, 0.15) is 56.3 Å². The van der Waals surface area contributed by atoms with Crippen LogP contribution in [0.4, 0.5) is 0 Å². The molecule has 1 aliphatic heterocycles. The second-order valence-corrected chi connectivity index (χ2v) is 8.23. The number of nitrogens with one attached hydrogen (secondary N) is 1. The van der Waals surface area contributed by atoms with Crippen molar-refractivity contribution in [2.75, 3.05) is 13.7 Å². The molecule has 1 N–H and O–H groups in total. The van der Waals surface area contributed by atoms with E-state index >= 15 is 0 Å². The van der Waals surface area contributed by atoms with Crippen molar-refractivity contribution >= 4 is 17.8 Å². The standard InChI is InChI=1S/C21H32N4O4/c1-14-13-15(2)25(23-14)12-10-19(26)22-17-8-6-16(7-9-17)20(27)24-11-4-5-18(24)21(28)29-3/h13,16-18H,4-12H2,1-3H3,(H,22,26). The van der Waals surface area contributed by atoms with Crippen molar-refractivity contribution < 1.29 is 19.1 Å². The minimum absolute atomic E-state index is 0.0256. The summed E-state index contributed by atoms with van der Waals surface area (Å²) in [7, 11) is 1.37. The highest BCUT2D eigenvalue weighted by Crippen LogP contribution is 2.29. The summed E-state index contributed by atoms with van der Waals surface area (Å²) in [5.41, 5.74) is 2.01. The molecule has 1 aromatic rings. The van der Waals surface area contributed by atoms with Crippen LogP contribution in [0.25, 0.3) is 0 Å². The van der Waals surface area contributed by atoms with Gasteiger partial charge in [0, 0.05) is 37.2 Å². The van der Waals surface area contributed by atoms with Crippen LogP contribution in [-0.4, -0.2) is 58.2 Å². The lowest BCUT2D eigenvalue weighted by Gasteiger charge is -2.32. The summed E-state index contributed by atoms with van der Waals surface area (Å²) in [6, 6.07) is 1.68. The molecule has 0 bridgehead atoms. The van der Waals surface area contributed by atoms with Crippen LogP contribution >= 0.6 is 0 Å². The lowest BCUT2D eigenvalue weighted by molar-refractivity contribution is -0.152. The normalized spacial score (nSPS) is 24.4. The maximum absolute atomic E-state index is 12.9. The number of methoxy groups -OCH3 is 1. The Bertz CT molecular complexity index is 752. The van der Waals surface area contributed by atoms with Gasteiger partial charge in [0.05, 0.1) is 12.8 Å². The third kappa shape index (κ3) is 5.16. The van der Waals surface area contributed by atoms with Gasteiger partial charge in [-0.05, 0) is 58.4 Å². The Morgan fingerprint density at radius 3 is 2.52 bits per heavy atom. The van der Waals surface area contributed by atoms with Crippen molar-refractivity contribution in [2.45, 2.75) is 77.4 Å². The monoisotopic (exact) mass is 404 g/mol. The van der Waals surface area contributed by atoms with Gasteiger partial charge < -0.3 is 15.0 Å². The molecular weight excluding hydrogens is 372 g/mol. The summed E-state index contributed by atoms with van der Waals surface area (Å²) in [4.78, 5) is 38.8. The van der Waals surface area contributed by atoms with Crippen molar-refractivity contribution in [2.24, 2.45) is 5.92 Å². The third-order valence-electron chi connectivity index (χ3n) is 6.10.